The molecule has 0 bridgehead atoms. The Labute approximate surface area is 219 Å². The number of carbonyl (C=O) groups excluding carboxylic acids is 1. The molecule has 2 aliphatic heterocycles. The molecule has 0 radical (unpaired) electrons. The Balaban J connectivity index is 1.43. The highest BCUT2D eigenvalue weighted by Gasteiger charge is 2.32. The number of allylic oxidation sites excluding steroid dienone is 1. The summed E-state index contributed by atoms with van der Waals surface area (Å²) in [6, 6.07) is 1.79. The molecule has 0 unspecified atom stereocenters. The molecule has 36 heavy (non-hydrogen) atoms. The molecule has 0 spiro atoms. The topological polar surface area (TPSA) is 92.2 Å². The molecule has 3 aliphatic rings. The fourth-order valence-corrected chi connectivity index (χ4v) is 5.25. The number of rotatable bonds is 3. The first-order chi connectivity index (χ1) is 17.2. The second-order valence-corrected chi connectivity index (χ2v) is 11.2. The smallest absolute Gasteiger partial charge is 0.415 e. The van der Waals surface area contributed by atoms with Gasteiger partial charge in [-0.25, -0.2) is 4.79 Å². The Morgan fingerprint density at radius 3 is 2.67 bits per heavy atom. The van der Waals surface area contributed by atoms with Crippen molar-refractivity contribution in [3.63, 3.8) is 0 Å². The molecule has 1 fully saturated rings. The van der Waals surface area contributed by atoms with Crippen molar-refractivity contribution in [1.29, 1.82) is 0 Å². The number of nitrogens with zero attached hydrogens (tertiary/aromatic N) is 4. The van der Waals surface area contributed by atoms with Crippen molar-refractivity contribution in [3.05, 3.63) is 50.9 Å². The van der Waals surface area contributed by atoms with E-state index in [0.717, 1.165) is 53.3 Å². The van der Waals surface area contributed by atoms with Crippen LogP contribution < -0.4 is 20.3 Å². The number of aromatic nitrogens is 2. The third-order valence-electron chi connectivity index (χ3n) is 6.44. The number of ether oxygens (including phenoxy) is 2. The van der Waals surface area contributed by atoms with Gasteiger partial charge in [-0.1, -0.05) is 23.2 Å². The minimum Gasteiger partial charge on any atom is -0.489 e. The molecule has 0 aromatic carbocycles. The lowest BCUT2D eigenvalue weighted by Gasteiger charge is -2.29. The summed E-state index contributed by atoms with van der Waals surface area (Å²) < 4.78 is 11.8. The van der Waals surface area contributed by atoms with Crippen LogP contribution in [0.3, 0.4) is 0 Å². The zero-order valence-corrected chi connectivity index (χ0v) is 22.1. The van der Waals surface area contributed by atoms with E-state index in [1.54, 1.807) is 29.4 Å². The molecule has 10 heteroatoms. The summed E-state index contributed by atoms with van der Waals surface area (Å²) in [5.41, 5.74) is 2.01. The molecule has 1 N–H and O–H groups in total. The van der Waals surface area contributed by atoms with Crippen molar-refractivity contribution in [2.24, 2.45) is 16.1 Å². The van der Waals surface area contributed by atoms with Gasteiger partial charge in [0.1, 0.15) is 11.4 Å². The van der Waals surface area contributed by atoms with Crippen molar-refractivity contribution in [2.75, 3.05) is 11.4 Å². The van der Waals surface area contributed by atoms with Crippen molar-refractivity contribution >= 4 is 46.8 Å². The summed E-state index contributed by atoms with van der Waals surface area (Å²) in [6.45, 7) is 6.26. The molecule has 2 aromatic heterocycles. The number of pyridine rings is 1. The number of azo groups is 1. The van der Waals surface area contributed by atoms with E-state index in [1.165, 1.54) is 0 Å². The quantitative estimate of drug-likeness (QED) is 0.573. The van der Waals surface area contributed by atoms with Crippen LogP contribution in [0.2, 0.25) is 5.02 Å². The molecular weight excluding hydrogens is 501 g/mol. The van der Waals surface area contributed by atoms with E-state index in [2.05, 4.69) is 20.2 Å². The lowest BCUT2D eigenvalue weighted by molar-refractivity contribution is 0.0584. The van der Waals surface area contributed by atoms with E-state index in [1.807, 2.05) is 26.8 Å². The van der Waals surface area contributed by atoms with Gasteiger partial charge in [0, 0.05) is 35.3 Å². The number of H-pyrrole nitrogens is 1. The van der Waals surface area contributed by atoms with Gasteiger partial charge < -0.3 is 14.5 Å². The molecule has 2 aromatic rings. The van der Waals surface area contributed by atoms with Crippen LogP contribution in [0.5, 0.6) is 5.75 Å². The van der Waals surface area contributed by atoms with Gasteiger partial charge in [-0.15, -0.1) is 0 Å². The van der Waals surface area contributed by atoms with Crippen molar-refractivity contribution < 1.29 is 14.3 Å². The molecule has 1 amide bonds. The van der Waals surface area contributed by atoms with Crippen molar-refractivity contribution in [2.45, 2.75) is 64.7 Å². The van der Waals surface area contributed by atoms with Gasteiger partial charge in [0.05, 0.1) is 46.0 Å². The monoisotopic (exact) mass is 529 g/mol. The number of carbonyl (C=O) groups is 1. The largest absolute Gasteiger partial charge is 0.489 e. The van der Waals surface area contributed by atoms with Crippen LogP contribution in [-0.4, -0.2) is 34.3 Å². The van der Waals surface area contributed by atoms with Crippen LogP contribution in [0.25, 0.3) is 11.8 Å². The summed E-state index contributed by atoms with van der Waals surface area (Å²) in [6.07, 6.45) is 10.2. The lowest BCUT2D eigenvalue weighted by atomic mass is 9.84. The van der Waals surface area contributed by atoms with Crippen LogP contribution >= 0.6 is 23.2 Å². The molecule has 5 rings (SSSR count). The summed E-state index contributed by atoms with van der Waals surface area (Å²) in [7, 11) is 0. The van der Waals surface area contributed by atoms with Gasteiger partial charge in [-0.2, -0.15) is 10.2 Å². The Kier molecular flexibility index (Phi) is 6.83. The second kappa shape index (κ2) is 9.90. The average molecular weight is 530 g/mol. The molecule has 4 heterocycles. The maximum Gasteiger partial charge on any atom is 0.415 e. The number of anilines is 1. The SMILES string of the molecule is CC(C)(C)OC(=O)N1CC=C(Cl)C=c2[nH]c3c(c21)CN=NC=3[C@H]1CC[C@H](Oc2cncc(Cl)c2)CC1. The Morgan fingerprint density at radius 1 is 1.17 bits per heavy atom. The summed E-state index contributed by atoms with van der Waals surface area (Å²) in [5.74, 6) is 0.919. The first-order valence-corrected chi connectivity index (χ1v) is 12.9. The van der Waals surface area contributed by atoms with E-state index in [9.17, 15) is 4.79 Å². The lowest BCUT2D eigenvalue weighted by Crippen LogP contribution is -2.39. The number of halogens is 2. The zero-order chi connectivity index (χ0) is 25.4. The number of hydrogen-bond acceptors (Lipinski definition) is 6. The van der Waals surface area contributed by atoms with Crippen LogP contribution in [0.4, 0.5) is 10.5 Å². The fraction of sp³-hybridized carbons (Fsp3) is 0.462. The summed E-state index contributed by atoms with van der Waals surface area (Å²) in [4.78, 5) is 22.4. The number of fused-ring (bicyclic) bond motifs is 3. The normalized spacial score (nSPS) is 21.6. The van der Waals surface area contributed by atoms with Crippen LogP contribution in [0.1, 0.15) is 52.0 Å². The van der Waals surface area contributed by atoms with Gasteiger partial charge in [0.2, 0.25) is 0 Å². The van der Waals surface area contributed by atoms with Crippen LogP contribution in [-0.2, 0) is 11.3 Å². The highest BCUT2D eigenvalue weighted by atomic mass is 35.5. The van der Waals surface area contributed by atoms with E-state index >= 15 is 0 Å². The minimum absolute atomic E-state index is 0.0995. The van der Waals surface area contributed by atoms with E-state index in [-0.39, 0.29) is 12.0 Å². The van der Waals surface area contributed by atoms with Gasteiger partial charge in [0.25, 0.3) is 0 Å². The van der Waals surface area contributed by atoms with Crippen molar-refractivity contribution in [3.8, 4) is 5.75 Å². The number of amides is 1. The predicted molar refractivity (Wildman–Crippen MR) is 140 cm³/mol. The zero-order valence-electron chi connectivity index (χ0n) is 20.6. The van der Waals surface area contributed by atoms with Crippen LogP contribution in [0, 0.1) is 5.92 Å². The van der Waals surface area contributed by atoms with Gasteiger partial charge >= 0.3 is 6.09 Å². The number of hydrogen-bond donors (Lipinski definition) is 1. The van der Waals surface area contributed by atoms with E-state index in [0.29, 0.717) is 28.9 Å². The van der Waals surface area contributed by atoms with Gasteiger partial charge in [-0.3, -0.25) is 9.88 Å². The highest BCUT2D eigenvalue weighted by molar-refractivity contribution is 6.34. The molecule has 8 nitrogen and oxygen atoms in total. The first-order valence-electron chi connectivity index (χ1n) is 12.2. The predicted octanol–water partition coefficient (Wildman–Crippen LogP) is 5.43. The number of aromatic amines is 1. The third kappa shape index (κ3) is 5.30. The Morgan fingerprint density at radius 2 is 1.94 bits per heavy atom. The second-order valence-electron chi connectivity index (χ2n) is 10.3. The Bertz CT molecular complexity index is 1350. The maximum atomic E-state index is 13.1. The standard InChI is InChI=1S/C26H29Cl2N5O3/c1-26(2,3)36-25(34)33-9-8-16(27)11-21-24(33)20-14-30-32-22(23(20)31-21)15-4-6-18(7-5-15)35-19-10-17(28)12-29-13-19/h8,10-13,15,18,31H,4-7,9,14H2,1-3H3/t15-,18-. The van der Waals surface area contributed by atoms with Gasteiger partial charge in [0.15, 0.2) is 0 Å². The summed E-state index contributed by atoms with van der Waals surface area (Å²) >= 11 is 12.5. The average Bonchev–Trinajstić information content (AvgIpc) is 3.07. The molecule has 0 atom stereocenters. The summed E-state index contributed by atoms with van der Waals surface area (Å²) in [5, 5.41) is 11.8. The van der Waals surface area contributed by atoms with E-state index < -0.39 is 11.7 Å². The highest BCUT2D eigenvalue weighted by Crippen LogP contribution is 2.35. The number of nitrogens with one attached hydrogen (secondary N) is 1. The van der Waals surface area contributed by atoms with E-state index in [4.69, 9.17) is 32.7 Å². The third-order valence-corrected chi connectivity index (χ3v) is 6.91. The van der Waals surface area contributed by atoms with Crippen molar-refractivity contribution in [1.82, 2.24) is 9.97 Å². The van der Waals surface area contributed by atoms with Gasteiger partial charge in [-0.05, 0) is 58.6 Å². The fourth-order valence-electron chi connectivity index (χ4n) is 4.91. The molecular formula is C26H29Cl2N5O3. The first kappa shape index (κ1) is 24.8. The molecule has 0 saturated heterocycles. The maximum absolute atomic E-state index is 13.1. The minimum atomic E-state index is -0.615. The molecule has 1 aliphatic carbocycles. The van der Waals surface area contributed by atoms with Crippen LogP contribution in [0.15, 0.2) is 39.8 Å². The molecule has 1 saturated carbocycles. The molecule has 190 valence electrons. The Hall–Kier alpha value is -2.84.